The van der Waals surface area contributed by atoms with Gasteiger partial charge in [0.2, 0.25) is 5.91 Å². The van der Waals surface area contributed by atoms with Crippen LogP contribution in [0.4, 0.5) is 5.69 Å². The van der Waals surface area contributed by atoms with E-state index in [1.807, 2.05) is 25.3 Å². The number of likely N-dealkylation sites (N-methyl/N-ethyl adjacent to an activating group) is 1. The molecule has 1 aromatic carbocycles. The van der Waals surface area contributed by atoms with Gasteiger partial charge in [0, 0.05) is 29.4 Å². The van der Waals surface area contributed by atoms with Crippen LogP contribution in [0.3, 0.4) is 0 Å². The first-order chi connectivity index (χ1) is 9.39. The summed E-state index contributed by atoms with van der Waals surface area (Å²) in [6.07, 6.45) is 5.84. The zero-order valence-corrected chi connectivity index (χ0v) is 11.9. The average Bonchev–Trinajstić information content (AvgIpc) is 2.59. The quantitative estimate of drug-likeness (QED) is 0.676. The van der Waals surface area contributed by atoms with E-state index in [1.165, 1.54) is 6.08 Å². The molecule has 2 rings (SSSR count). The van der Waals surface area contributed by atoms with Crippen LogP contribution in [0, 0.1) is 0 Å². The van der Waals surface area contributed by atoms with Crippen LogP contribution in [-0.2, 0) is 10.2 Å². The molecule has 0 atom stereocenters. The summed E-state index contributed by atoms with van der Waals surface area (Å²) in [5.41, 5.74) is 8.78. The van der Waals surface area contributed by atoms with Gasteiger partial charge >= 0.3 is 0 Å². The maximum Gasteiger partial charge on any atom is 0.248 e. The second-order valence-electron chi connectivity index (χ2n) is 5.35. The van der Waals surface area contributed by atoms with Gasteiger partial charge in [0.05, 0.1) is 0 Å². The van der Waals surface area contributed by atoms with Crippen molar-refractivity contribution >= 4 is 17.9 Å². The number of fused-ring (bicyclic) bond motifs is 1. The van der Waals surface area contributed by atoms with E-state index in [0.717, 1.165) is 23.2 Å². The van der Waals surface area contributed by atoms with E-state index in [9.17, 15) is 9.59 Å². The van der Waals surface area contributed by atoms with Crippen molar-refractivity contribution in [1.82, 2.24) is 0 Å². The third-order valence-electron chi connectivity index (χ3n) is 3.76. The summed E-state index contributed by atoms with van der Waals surface area (Å²) in [5, 5.41) is 0. The molecule has 0 bridgehead atoms. The fourth-order valence-corrected chi connectivity index (χ4v) is 2.68. The molecule has 0 aromatic heterocycles. The Labute approximate surface area is 118 Å². The van der Waals surface area contributed by atoms with Gasteiger partial charge in [0.15, 0.2) is 0 Å². The maximum absolute atomic E-state index is 11.3. The molecule has 0 saturated carbocycles. The maximum atomic E-state index is 11.3. The highest BCUT2D eigenvalue weighted by Crippen LogP contribution is 2.47. The number of nitrogens with two attached hydrogens (primary N) is 1. The molecule has 1 amide bonds. The second-order valence-corrected chi connectivity index (χ2v) is 5.35. The summed E-state index contributed by atoms with van der Waals surface area (Å²) in [7, 11) is 1.97. The predicted octanol–water partition coefficient (Wildman–Crippen LogP) is 2.15. The number of anilines is 1. The average molecular weight is 270 g/mol. The van der Waals surface area contributed by atoms with Crippen LogP contribution in [-0.4, -0.2) is 19.2 Å². The van der Waals surface area contributed by atoms with Gasteiger partial charge in [-0.3, -0.25) is 9.59 Å². The van der Waals surface area contributed by atoms with E-state index >= 15 is 0 Å². The van der Waals surface area contributed by atoms with Crippen LogP contribution in [0.15, 0.2) is 42.1 Å². The number of carbonyl (C=O) groups is 2. The lowest BCUT2D eigenvalue weighted by Crippen LogP contribution is -2.22. The van der Waals surface area contributed by atoms with Crippen molar-refractivity contribution in [3.63, 3.8) is 0 Å². The molecule has 20 heavy (non-hydrogen) atoms. The van der Waals surface area contributed by atoms with Gasteiger partial charge in [-0.05, 0) is 35.9 Å². The molecule has 0 aliphatic carbocycles. The second kappa shape index (κ2) is 4.96. The molecular weight excluding hydrogens is 252 g/mol. The summed E-state index contributed by atoms with van der Waals surface area (Å²) >= 11 is 0. The number of hydrogen-bond acceptors (Lipinski definition) is 3. The molecule has 0 saturated heterocycles. The molecule has 1 aliphatic rings. The number of hydrogen-bond donors (Lipinski definition) is 1. The van der Waals surface area contributed by atoms with Crippen molar-refractivity contribution < 1.29 is 9.59 Å². The number of allylic oxidation sites excluding steroid dienone is 4. The molecule has 1 aromatic rings. The number of benzene rings is 1. The monoisotopic (exact) mass is 270 g/mol. The van der Waals surface area contributed by atoms with E-state index in [1.54, 1.807) is 12.1 Å². The molecular formula is C16H18N2O2. The first-order valence-electron chi connectivity index (χ1n) is 6.40. The van der Waals surface area contributed by atoms with E-state index in [4.69, 9.17) is 5.73 Å². The Kier molecular flexibility index (Phi) is 3.49. The van der Waals surface area contributed by atoms with Crippen molar-refractivity contribution in [2.45, 2.75) is 19.3 Å². The van der Waals surface area contributed by atoms with E-state index in [-0.39, 0.29) is 5.41 Å². The Morgan fingerprint density at radius 2 is 2.00 bits per heavy atom. The van der Waals surface area contributed by atoms with Crippen LogP contribution in [0.5, 0.6) is 0 Å². The fourth-order valence-electron chi connectivity index (χ4n) is 2.68. The minimum atomic E-state index is -0.426. The molecule has 0 unspecified atom stereocenters. The minimum absolute atomic E-state index is 0.247. The van der Waals surface area contributed by atoms with E-state index < -0.39 is 5.91 Å². The Balaban J connectivity index is 2.55. The number of aldehydes is 1. The summed E-state index contributed by atoms with van der Waals surface area (Å²) < 4.78 is 0. The number of amides is 1. The minimum Gasteiger partial charge on any atom is -0.366 e. The molecule has 2 N–H and O–H groups in total. The normalized spacial score (nSPS) is 18.6. The van der Waals surface area contributed by atoms with Crippen LogP contribution in [0.25, 0.3) is 0 Å². The van der Waals surface area contributed by atoms with Crippen molar-refractivity contribution in [3.05, 3.63) is 53.3 Å². The Bertz CT molecular complexity index is 627. The Morgan fingerprint density at radius 3 is 2.60 bits per heavy atom. The molecule has 4 heteroatoms. The van der Waals surface area contributed by atoms with Crippen LogP contribution in [0.2, 0.25) is 0 Å². The van der Waals surface area contributed by atoms with Crippen molar-refractivity contribution in [2.24, 2.45) is 5.73 Å². The zero-order valence-electron chi connectivity index (χ0n) is 11.9. The zero-order chi connectivity index (χ0) is 14.9. The highest BCUT2D eigenvalue weighted by Gasteiger charge is 2.38. The fraction of sp³-hybridized carbons (Fsp3) is 0.250. The molecule has 0 radical (unpaired) electrons. The summed E-state index contributed by atoms with van der Waals surface area (Å²) in [4.78, 5) is 23.8. The van der Waals surface area contributed by atoms with Gasteiger partial charge in [-0.1, -0.05) is 19.9 Å². The van der Waals surface area contributed by atoms with Gasteiger partial charge in [-0.2, -0.15) is 0 Å². The lowest BCUT2D eigenvalue weighted by molar-refractivity contribution is -0.104. The van der Waals surface area contributed by atoms with Crippen LogP contribution in [0.1, 0.15) is 29.8 Å². The third-order valence-corrected chi connectivity index (χ3v) is 3.76. The highest BCUT2D eigenvalue weighted by molar-refractivity contribution is 5.94. The summed E-state index contributed by atoms with van der Waals surface area (Å²) in [6, 6.07) is 5.48. The third kappa shape index (κ3) is 2.13. The lowest BCUT2D eigenvalue weighted by atomic mass is 9.83. The molecule has 1 heterocycles. The van der Waals surface area contributed by atoms with E-state index in [0.29, 0.717) is 5.56 Å². The topological polar surface area (TPSA) is 63.4 Å². The first kappa shape index (κ1) is 14.1. The van der Waals surface area contributed by atoms with Gasteiger partial charge in [-0.25, -0.2) is 0 Å². The standard InChI is InChI=1S/C16H18N2O2/c1-16(2)12-10-11(15(17)20)7-8-13(12)18(3)14(16)6-4-5-9-19/h4-10H,1-3H3,(H2,17,20). The smallest absolute Gasteiger partial charge is 0.248 e. The van der Waals surface area contributed by atoms with Crippen molar-refractivity contribution in [3.8, 4) is 0 Å². The SMILES string of the molecule is CN1C(=CC=CC=O)C(C)(C)c2cc(C(N)=O)ccc21. The molecule has 0 fully saturated rings. The van der Waals surface area contributed by atoms with Crippen LogP contribution >= 0.6 is 0 Å². The van der Waals surface area contributed by atoms with E-state index in [2.05, 4.69) is 18.7 Å². The summed E-state index contributed by atoms with van der Waals surface area (Å²) in [5.74, 6) is -0.426. The van der Waals surface area contributed by atoms with Crippen molar-refractivity contribution in [2.75, 3.05) is 11.9 Å². The lowest BCUT2D eigenvalue weighted by Gasteiger charge is -2.23. The van der Waals surface area contributed by atoms with Crippen LogP contribution < -0.4 is 10.6 Å². The molecule has 4 nitrogen and oxygen atoms in total. The van der Waals surface area contributed by atoms with Gasteiger partial charge < -0.3 is 10.6 Å². The number of nitrogens with zero attached hydrogens (tertiary/aromatic N) is 1. The van der Waals surface area contributed by atoms with Crippen molar-refractivity contribution in [1.29, 1.82) is 0 Å². The van der Waals surface area contributed by atoms with Gasteiger partial charge in [0.25, 0.3) is 0 Å². The largest absolute Gasteiger partial charge is 0.366 e. The van der Waals surface area contributed by atoms with Gasteiger partial charge in [0.1, 0.15) is 6.29 Å². The first-order valence-corrected chi connectivity index (χ1v) is 6.40. The Morgan fingerprint density at radius 1 is 1.30 bits per heavy atom. The Hall–Kier alpha value is -2.36. The molecule has 0 spiro atoms. The number of primary amides is 1. The highest BCUT2D eigenvalue weighted by atomic mass is 16.1. The predicted molar refractivity (Wildman–Crippen MR) is 79.7 cm³/mol. The van der Waals surface area contributed by atoms with Gasteiger partial charge in [-0.15, -0.1) is 0 Å². The summed E-state index contributed by atoms with van der Waals surface area (Å²) in [6.45, 7) is 4.17. The number of carbonyl (C=O) groups excluding carboxylic acids is 2. The molecule has 104 valence electrons. The number of rotatable bonds is 3. The molecule has 1 aliphatic heterocycles.